The van der Waals surface area contributed by atoms with Gasteiger partial charge >= 0.3 is 5.97 Å². The summed E-state index contributed by atoms with van der Waals surface area (Å²) in [6.07, 6.45) is 0. The molecule has 0 aromatic heterocycles. The van der Waals surface area contributed by atoms with E-state index in [4.69, 9.17) is 9.53 Å². The largest absolute Gasteiger partial charge is 0.477 e. The summed E-state index contributed by atoms with van der Waals surface area (Å²) in [4.78, 5) is 11.0. The first kappa shape index (κ1) is 14.8. The van der Waals surface area contributed by atoms with Gasteiger partial charge in [0.2, 0.25) is 0 Å². The standard InChI is InChI=1S/C9H22O4Si2/c1-14(2,3)7-9(12,8(10)11)13-15(4,5)6/h12H,7H2,1-6H3,(H,10,11). The number of aliphatic hydroxyl groups is 1. The Morgan fingerprint density at radius 3 is 1.80 bits per heavy atom. The Bertz CT molecular complexity index is 223. The molecule has 1 atom stereocenters. The van der Waals surface area contributed by atoms with Crippen LogP contribution in [-0.4, -0.2) is 38.4 Å². The molecule has 0 rings (SSSR count). The van der Waals surface area contributed by atoms with E-state index < -0.39 is 28.1 Å². The van der Waals surface area contributed by atoms with Crippen LogP contribution in [0.25, 0.3) is 0 Å². The van der Waals surface area contributed by atoms with E-state index in [0.717, 1.165) is 0 Å². The Kier molecular flexibility index (Phi) is 4.31. The van der Waals surface area contributed by atoms with Crippen LogP contribution in [0.1, 0.15) is 0 Å². The maximum absolute atomic E-state index is 11.0. The van der Waals surface area contributed by atoms with Crippen LogP contribution in [0.15, 0.2) is 0 Å². The van der Waals surface area contributed by atoms with Crippen LogP contribution >= 0.6 is 0 Å². The Labute approximate surface area is 93.4 Å². The number of aliphatic carboxylic acids is 1. The molecule has 0 aliphatic carbocycles. The summed E-state index contributed by atoms with van der Waals surface area (Å²) < 4.78 is 5.39. The Hall–Kier alpha value is -0.176. The van der Waals surface area contributed by atoms with Crippen LogP contribution in [0.3, 0.4) is 0 Å². The topological polar surface area (TPSA) is 66.8 Å². The highest BCUT2D eigenvalue weighted by Crippen LogP contribution is 2.26. The summed E-state index contributed by atoms with van der Waals surface area (Å²) in [7, 11) is -3.75. The summed E-state index contributed by atoms with van der Waals surface area (Å²) in [6.45, 7) is 11.6. The predicted molar refractivity (Wildman–Crippen MR) is 65.2 cm³/mol. The van der Waals surface area contributed by atoms with Gasteiger partial charge in [0, 0.05) is 6.04 Å². The average Bonchev–Trinajstić information content (AvgIpc) is 1.75. The average molecular weight is 250 g/mol. The zero-order valence-electron chi connectivity index (χ0n) is 10.4. The van der Waals surface area contributed by atoms with Gasteiger partial charge < -0.3 is 14.6 Å². The van der Waals surface area contributed by atoms with Crippen LogP contribution in [-0.2, 0) is 9.22 Å². The zero-order chi connectivity index (χ0) is 12.5. The minimum Gasteiger partial charge on any atom is -0.477 e. The molecule has 0 radical (unpaired) electrons. The van der Waals surface area contributed by atoms with Crippen LogP contribution < -0.4 is 0 Å². The third-order valence-electron chi connectivity index (χ3n) is 1.58. The lowest BCUT2D eigenvalue weighted by atomic mass is 10.3. The van der Waals surface area contributed by atoms with Gasteiger partial charge in [-0.05, 0) is 19.6 Å². The smallest absolute Gasteiger partial charge is 0.362 e. The number of rotatable bonds is 5. The first-order valence-corrected chi connectivity index (χ1v) is 12.1. The molecule has 0 heterocycles. The number of hydrogen-bond donors (Lipinski definition) is 2. The predicted octanol–water partition coefficient (Wildman–Crippen LogP) is 1.95. The van der Waals surface area contributed by atoms with Crippen LogP contribution in [0.5, 0.6) is 0 Å². The second-order valence-corrected chi connectivity index (χ2v) is 15.9. The summed E-state index contributed by atoms with van der Waals surface area (Å²) >= 11 is 0. The molecule has 1 unspecified atom stereocenters. The van der Waals surface area contributed by atoms with Crippen LogP contribution in [0.4, 0.5) is 0 Å². The van der Waals surface area contributed by atoms with Crippen molar-refractivity contribution >= 4 is 22.4 Å². The third-order valence-corrected chi connectivity index (χ3v) is 4.07. The van der Waals surface area contributed by atoms with E-state index in [1.54, 1.807) is 0 Å². The first-order valence-electron chi connectivity index (χ1n) is 5.02. The van der Waals surface area contributed by atoms with Gasteiger partial charge in [0.25, 0.3) is 5.79 Å². The van der Waals surface area contributed by atoms with E-state index in [9.17, 15) is 9.90 Å². The van der Waals surface area contributed by atoms with Gasteiger partial charge in [0.1, 0.15) is 0 Å². The minimum atomic E-state index is -2.06. The van der Waals surface area contributed by atoms with E-state index >= 15 is 0 Å². The number of hydrogen-bond acceptors (Lipinski definition) is 3. The van der Waals surface area contributed by atoms with Gasteiger partial charge in [-0.1, -0.05) is 19.6 Å². The van der Waals surface area contributed by atoms with Crippen molar-refractivity contribution in [2.24, 2.45) is 0 Å². The molecular formula is C9H22O4Si2. The minimum absolute atomic E-state index is 0.222. The molecule has 0 aliphatic heterocycles. The van der Waals surface area contributed by atoms with Crippen molar-refractivity contribution in [2.75, 3.05) is 0 Å². The Morgan fingerprint density at radius 1 is 1.20 bits per heavy atom. The first-order chi connectivity index (χ1) is 6.36. The summed E-state index contributed by atoms with van der Waals surface area (Å²) in [5.41, 5.74) is 0. The van der Waals surface area contributed by atoms with Crippen molar-refractivity contribution in [3.8, 4) is 0 Å². The van der Waals surface area contributed by atoms with Crippen molar-refractivity contribution in [2.45, 2.75) is 51.1 Å². The Balaban J connectivity index is 4.85. The van der Waals surface area contributed by atoms with Gasteiger partial charge in [-0.3, -0.25) is 0 Å². The molecule has 0 aromatic carbocycles. The molecule has 4 nitrogen and oxygen atoms in total. The molecule has 0 saturated carbocycles. The quantitative estimate of drug-likeness (QED) is 0.578. The third kappa shape index (κ3) is 6.08. The molecule has 15 heavy (non-hydrogen) atoms. The highest BCUT2D eigenvalue weighted by molar-refractivity contribution is 6.76. The maximum Gasteiger partial charge on any atom is 0.362 e. The van der Waals surface area contributed by atoms with Gasteiger partial charge in [-0.25, -0.2) is 4.79 Å². The second-order valence-electron chi connectivity index (χ2n) is 6.04. The molecule has 90 valence electrons. The van der Waals surface area contributed by atoms with Gasteiger partial charge in [0.05, 0.1) is 8.07 Å². The summed E-state index contributed by atoms with van der Waals surface area (Å²) in [6, 6.07) is 0.222. The lowest BCUT2D eigenvalue weighted by molar-refractivity contribution is -0.190. The lowest BCUT2D eigenvalue weighted by Gasteiger charge is -2.34. The number of carboxylic acid groups (broad SMARTS) is 1. The maximum atomic E-state index is 11.0. The summed E-state index contributed by atoms with van der Waals surface area (Å²) in [5, 5.41) is 19.0. The van der Waals surface area contributed by atoms with E-state index in [2.05, 4.69) is 0 Å². The van der Waals surface area contributed by atoms with Crippen LogP contribution in [0, 0.1) is 0 Å². The molecule has 0 bridgehead atoms. The molecule has 0 amide bonds. The monoisotopic (exact) mass is 250 g/mol. The molecule has 0 spiro atoms. The fourth-order valence-corrected chi connectivity index (χ4v) is 4.36. The summed E-state index contributed by atoms with van der Waals surface area (Å²) in [5.74, 6) is -3.26. The molecule has 6 heteroatoms. The highest BCUT2D eigenvalue weighted by atomic mass is 28.4. The molecule has 0 fully saturated rings. The SMILES string of the molecule is C[Si](C)(C)CC(O)(O[Si](C)(C)C)C(=O)O. The second kappa shape index (κ2) is 4.36. The number of carboxylic acids is 1. The van der Waals surface area contributed by atoms with Crippen molar-refractivity contribution in [1.82, 2.24) is 0 Å². The van der Waals surface area contributed by atoms with E-state index in [0.29, 0.717) is 0 Å². The van der Waals surface area contributed by atoms with Gasteiger partial charge in [-0.2, -0.15) is 0 Å². The number of carbonyl (C=O) groups is 1. The Morgan fingerprint density at radius 2 is 1.60 bits per heavy atom. The van der Waals surface area contributed by atoms with E-state index in [1.807, 2.05) is 39.3 Å². The van der Waals surface area contributed by atoms with Crippen molar-refractivity contribution < 1.29 is 19.4 Å². The molecule has 0 aliphatic rings. The van der Waals surface area contributed by atoms with E-state index in [1.165, 1.54) is 0 Å². The molecule has 0 saturated heterocycles. The molecular weight excluding hydrogens is 228 g/mol. The fourth-order valence-electron chi connectivity index (χ4n) is 1.38. The normalized spacial score (nSPS) is 17.3. The molecule has 0 aromatic rings. The molecule has 2 N–H and O–H groups in total. The van der Waals surface area contributed by atoms with Crippen LogP contribution in [0.2, 0.25) is 45.3 Å². The van der Waals surface area contributed by atoms with Gasteiger partial charge in [-0.15, -0.1) is 0 Å². The van der Waals surface area contributed by atoms with E-state index in [-0.39, 0.29) is 6.04 Å². The van der Waals surface area contributed by atoms with Crippen molar-refractivity contribution in [3.63, 3.8) is 0 Å². The fraction of sp³-hybridized carbons (Fsp3) is 0.889. The lowest BCUT2D eigenvalue weighted by Crippen LogP contribution is -2.52. The van der Waals surface area contributed by atoms with Gasteiger partial charge in [0.15, 0.2) is 8.32 Å². The zero-order valence-corrected chi connectivity index (χ0v) is 12.4. The highest BCUT2D eigenvalue weighted by Gasteiger charge is 2.44. The van der Waals surface area contributed by atoms with Crippen molar-refractivity contribution in [3.05, 3.63) is 0 Å². The van der Waals surface area contributed by atoms with Crippen molar-refractivity contribution in [1.29, 1.82) is 0 Å².